The number of hydrogen-bond acceptors (Lipinski definition) is 12. The summed E-state index contributed by atoms with van der Waals surface area (Å²) in [5.41, 5.74) is 1.22. The quantitative estimate of drug-likeness (QED) is 0.175. The van der Waals surface area contributed by atoms with Crippen molar-refractivity contribution >= 4 is 0 Å². The average Bonchev–Trinajstić information content (AvgIpc) is 2.93. The molecule has 38 heavy (non-hydrogen) atoms. The van der Waals surface area contributed by atoms with Gasteiger partial charge in [0.25, 0.3) is 0 Å². The van der Waals surface area contributed by atoms with E-state index in [1.54, 1.807) is 18.2 Å². The molecule has 0 radical (unpaired) electrons. The van der Waals surface area contributed by atoms with E-state index >= 15 is 0 Å². The van der Waals surface area contributed by atoms with Gasteiger partial charge in [0.2, 0.25) is 0 Å². The summed E-state index contributed by atoms with van der Waals surface area (Å²) >= 11 is 0. The van der Waals surface area contributed by atoms with Crippen LogP contribution in [0.1, 0.15) is 23.7 Å². The van der Waals surface area contributed by atoms with Crippen LogP contribution in [0.4, 0.5) is 0 Å². The first-order valence-electron chi connectivity index (χ1n) is 12.2. The molecule has 0 bridgehead atoms. The molecule has 0 amide bonds. The Bertz CT molecular complexity index is 1020. The molecule has 2 aromatic carbocycles. The Morgan fingerprint density at radius 2 is 1.63 bits per heavy atom. The summed E-state index contributed by atoms with van der Waals surface area (Å²) in [6.07, 6.45) is -8.72. The first kappa shape index (κ1) is 29.9. The minimum atomic E-state index is -1.64. The molecule has 1 heterocycles. The van der Waals surface area contributed by atoms with Gasteiger partial charge in [0, 0.05) is 6.61 Å². The predicted octanol–water partition coefficient (Wildman–Crippen LogP) is -0.368. The smallest absolute Gasteiger partial charge is 0.186 e. The molecule has 0 spiro atoms. The van der Waals surface area contributed by atoms with Gasteiger partial charge in [-0.05, 0) is 48.2 Å². The fourth-order valence-corrected chi connectivity index (χ4v) is 4.09. The number of aromatic hydroxyl groups is 1. The fourth-order valence-electron chi connectivity index (χ4n) is 4.09. The van der Waals surface area contributed by atoms with Crippen LogP contribution in [0.15, 0.2) is 36.4 Å². The molecule has 12 nitrogen and oxygen atoms in total. The van der Waals surface area contributed by atoms with E-state index < -0.39 is 49.5 Å². The van der Waals surface area contributed by atoms with Crippen LogP contribution in [0.25, 0.3) is 0 Å². The molecule has 1 fully saturated rings. The van der Waals surface area contributed by atoms with E-state index in [1.165, 1.54) is 32.4 Å². The zero-order valence-corrected chi connectivity index (χ0v) is 21.2. The Morgan fingerprint density at radius 1 is 0.895 bits per heavy atom. The molecule has 1 aliphatic heterocycles. The second-order valence-electron chi connectivity index (χ2n) is 8.88. The molecule has 12 heteroatoms. The summed E-state index contributed by atoms with van der Waals surface area (Å²) < 4.78 is 27.7. The summed E-state index contributed by atoms with van der Waals surface area (Å²) in [4.78, 5) is 0. The van der Waals surface area contributed by atoms with E-state index in [4.69, 9.17) is 28.8 Å². The van der Waals surface area contributed by atoms with Gasteiger partial charge in [-0.3, -0.25) is 0 Å². The maximum atomic E-state index is 11.2. The molecule has 2 aromatic rings. The number of aliphatic hydroxyl groups is 6. The number of phenolic OH excluding ortho intramolecular Hbond substituents is 1. The summed E-state index contributed by atoms with van der Waals surface area (Å²) in [6, 6.07) is 9.44. The van der Waals surface area contributed by atoms with Gasteiger partial charge in [0.05, 0.1) is 27.4 Å². The van der Waals surface area contributed by atoms with Crippen molar-refractivity contribution in [3.05, 3.63) is 47.5 Å². The molecule has 7 N–H and O–H groups in total. The van der Waals surface area contributed by atoms with Crippen molar-refractivity contribution in [1.82, 2.24) is 0 Å². The van der Waals surface area contributed by atoms with Gasteiger partial charge >= 0.3 is 0 Å². The fraction of sp³-hybridized carbons (Fsp3) is 0.538. The Labute approximate surface area is 220 Å². The normalized spacial score (nSPS) is 25.0. The lowest BCUT2D eigenvalue weighted by molar-refractivity contribution is -0.305. The molecular weight excluding hydrogens is 504 g/mol. The van der Waals surface area contributed by atoms with E-state index in [2.05, 4.69) is 0 Å². The maximum Gasteiger partial charge on any atom is 0.186 e. The van der Waals surface area contributed by atoms with Crippen molar-refractivity contribution in [3.63, 3.8) is 0 Å². The zero-order chi connectivity index (χ0) is 27.8. The maximum absolute atomic E-state index is 11.2. The monoisotopic (exact) mass is 540 g/mol. The number of phenols is 1. The Hall–Kier alpha value is -2.68. The minimum Gasteiger partial charge on any atom is -0.504 e. The number of methoxy groups -OCH3 is 2. The van der Waals surface area contributed by atoms with Gasteiger partial charge in [0.1, 0.15) is 30.5 Å². The largest absolute Gasteiger partial charge is 0.504 e. The topological polar surface area (TPSA) is 188 Å². The highest BCUT2D eigenvalue weighted by atomic mass is 16.7. The highest BCUT2D eigenvalue weighted by molar-refractivity contribution is 5.44. The predicted molar refractivity (Wildman–Crippen MR) is 132 cm³/mol. The molecule has 0 aliphatic carbocycles. The number of rotatable bonds is 13. The van der Waals surface area contributed by atoms with E-state index in [0.29, 0.717) is 24.2 Å². The van der Waals surface area contributed by atoms with Gasteiger partial charge in [0.15, 0.2) is 35.4 Å². The van der Waals surface area contributed by atoms with Crippen molar-refractivity contribution in [2.24, 2.45) is 0 Å². The molecule has 2 unspecified atom stereocenters. The van der Waals surface area contributed by atoms with E-state index in [-0.39, 0.29) is 30.5 Å². The minimum absolute atomic E-state index is 0.0419. The lowest BCUT2D eigenvalue weighted by atomic mass is 9.99. The van der Waals surface area contributed by atoms with Gasteiger partial charge in [-0.25, -0.2) is 0 Å². The molecule has 0 aromatic heterocycles. The second kappa shape index (κ2) is 13.9. The highest BCUT2D eigenvalue weighted by Gasteiger charge is 2.44. The molecule has 1 aliphatic rings. The number of ether oxygens (including phenoxy) is 5. The highest BCUT2D eigenvalue weighted by Crippen LogP contribution is 2.35. The number of hydrogen-bond donors (Lipinski definition) is 7. The van der Waals surface area contributed by atoms with Crippen LogP contribution < -0.4 is 14.2 Å². The number of aliphatic hydroxyl groups excluding tert-OH is 6. The van der Waals surface area contributed by atoms with Crippen molar-refractivity contribution in [2.45, 2.75) is 55.8 Å². The van der Waals surface area contributed by atoms with Crippen molar-refractivity contribution in [1.29, 1.82) is 0 Å². The van der Waals surface area contributed by atoms with Crippen LogP contribution in [0.5, 0.6) is 23.0 Å². The molecule has 0 saturated carbocycles. The lowest BCUT2D eigenvalue weighted by Crippen LogP contribution is -2.59. The average molecular weight is 541 g/mol. The Morgan fingerprint density at radius 3 is 2.29 bits per heavy atom. The van der Waals surface area contributed by atoms with Gasteiger partial charge in [-0.1, -0.05) is 12.1 Å². The van der Waals surface area contributed by atoms with Crippen LogP contribution in [0.3, 0.4) is 0 Å². The number of benzene rings is 2. The van der Waals surface area contributed by atoms with E-state index in [0.717, 1.165) is 5.56 Å². The zero-order valence-electron chi connectivity index (χ0n) is 21.2. The lowest BCUT2D eigenvalue weighted by Gasteiger charge is -2.40. The third-order valence-electron chi connectivity index (χ3n) is 6.30. The second-order valence-corrected chi connectivity index (χ2v) is 8.88. The van der Waals surface area contributed by atoms with Crippen LogP contribution in [-0.2, 0) is 15.9 Å². The van der Waals surface area contributed by atoms with Crippen LogP contribution in [0, 0.1) is 0 Å². The van der Waals surface area contributed by atoms with Crippen molar-refractivity contribution < 1.29 is 59.4 Å². The van der Waals surface area contributed by atoms with Crippen LogP contribution >= 0.6 is 0 Å². The standard InChI is InChI=1S/C26H36O12/c1-34-18-11-15(6-7-16(18)29)22(30)21(13-36-26-25(33)24(32)23(31)20(12-28)38-26)37-17-8-5-14(4-3-9-27)10-19(17)35-2/h5-8,10-11,20-33H,3-4,9,12-13H2,1-2H3/t20-,21?,22?,23-,24+,25-,26-/m1/s1. The van der Waals surface area contributed by atoms with E-state index in [1.807, 2.05) is 0 Å². The third-order valence-corrected chi connectivity index (χ3v) is 6.30. The molecule has 7 atom stereocenters. The summed E-state index contributed by atoms with van der Waals surface area (Å²) in [6.45, 7) is -0.955. The van der Waals surface area contributed by atoms with Crippen LogP contribution in [-0.4, -0.2) is 107 Å². The van der Waals surface area contributed by atoms with Gasteiger partial charge in [-0.15, -0.1) is 0 Å². The number of aryl methyl sites for hydroxylation is 1. The summed E-state index contributed by atoms with van der Waals surface area (Å²) in [5, 5.41) is 70.1. The Kier molecular flexibility index (Phi) is 10.9. The van der Waals surface area contributed by atoms with Crippen molar-refractivity contribution in [2.75, 3.05) is 34.0 Å². The Balaban J connectivity index is 1.87. The molecule has 212 valence electrons. The first-order chi connectivity index (χ1) is 18.2. The van der Waals surface area contributed by atoms with E-state index in [9.17, 15) is 30.6 Å². The molecule has 3 rings (SSSR count). The third kappa shape index (κ3) is 7.04. The van der Waals surface area contributed by atoms with Gasteiger partial charge in [-0.2, -0.15) is 0 Å². The summed E-state index contributed by atoms with van der Waals surface area (Å²) in [5.74, 6) is 0.640. The van der Waals surface area contributed by atoms with Gasteiger partial charge < -0.3 is 59.4 Å². The SMILES string of the molecule is COc1cc(C(O)C(CO[C@@H]2O[C@H](CO)[C@@H](O)[C@H](O)[C@H]2O)Oc2ccc(CCCO)cc2OC)ccc1O. The summed E-state index contributed by atoms with van der Waals surface area (Å²) in [7, 11) is 2.82. The molecule has 1 saturated heterocycles. The first-order valence-corrected chi connectivity index (χ1v) is 12.2. The van der Waals surface area contributed by atoms with Crippen molar-refractivity contribution in [3.8, 4) is 23.0 Å². The van der Waals surface area contributed by atoms with Crippen LogP contribution in [0.2, 0.25) is 0 Å². The molecular formula is C26H36O12.